The molecule has 3 aromatic rings. The highest BCUT2D eigenvalue weighted by Gasteiger charge is 2.26. The van der Waals surface area contributed by atoms with E-state index in [1.165, 1.54) is 12.1 Å². The molecule has 30 heavy (non-hydrogen) atoms. The first-order chi connectivity index (χ1) is 14.2. The lowest BCUT2D eigenvalue weighted by atomic mass is 9.86. The second-order valence-electron chi connectivity index (χ2n) is 8.65. The van der Waals surface area contributed by atoms with Crippen molar-refractivity contribution < 1.29 is 9.18 Å². The van der Waals surface area contributed by atoms with Crippen LogP contribution in [0.2, 0.25) is 0 Å². The number of amides is 1. The Hall–Kier alpha value is -3.28. The Morgan fingerprint density at radius 1 is 1.13 bits per heavy atom. The van der Waals surface area contributed by atoms with Gasteiger partial charge >= 0.3 is 0 Å². The minimum atomic E-state index is -0.387. The fraction of sp³-hybridized carbons (Fsp3) is 0.292. The van der Waals surface area contributed by atoms with Gasteiger partial charge in [-0.15, -0.1) is 0 Å². The number of hydrogen-bond acceptors (Lipinski definition) is 3. The van der Waals surface area contributed by atoms with Crippen LogP contribution in [0, 0.1) is 5.82 Å². The van der Waals surface area contributed by atoms with Gasteiger partial charge in [0.2, 0.25) is 0 Å². The molecule has 0 saturated heterocycles. The number of nitrogens with zero attached hydrogens (tertiary/aromatic N) is 2. The second-order valence-corrected chi connectivity index (χ2v) is 8.65. The Balaban J connectivity index is 1.58. The molecule has 0 spiro atoms. The summed E-state index contributed by atoms with van der Waals surface area (Å²) in [6.45, 7) is 7.07. The van der Waals surface area contributed by atoms with Crippen LogP contribution in [0.3, 0.4) is 0 Å². The summed E-state index contributed by atoms with van der Waals surface area (Å²) in [7, 11) is 0. The van der Waals surface area contributed by atoms with Crippen LogP contribution in [-0.4, -0.2) is 27.3 Å². The maximum Gasteiger partial charge on any atom is 0.256 e. The van der Waals surface area contributed by atoms with E-state index in [0.29, 0.717) is 41.2 Å². The van der Waals surface area contributed by atoms with Crippen LogP contribution in [0.25, 0.3) is 11.4 Å². The van der Waals surface area contributed by atoms with Gasteiger partial charge < -0.3 is 9.88 Å². The van der Waals surface area contributed by atoms with Gasteiger partial charge in [-0.25, -0.2) is 9.37 Å². The van der Waals surface area contributed by atoms with E-state index in [-0.39, 0.29) is 29.2 Å². The molecule has 1 aromatic heterocycles. The van der Waals surface area contributed by atoms with Crippen molar-refractivity contribution in [3.8, 4) is 11.4 Å². The maximum atomic E-state index is 13.5. The minimum absolute atomic E-state index is 0.0178. The number of H-pyrrole nitrogens is 1. The molecule has 1 aliphatic heterocycles. The molecule has 0 unspecified atom stereocenters. The van der Waals surface area contributed by atoms with E-state index in [9.17, 15) is 14.0 Å². The molecule has 1 N–H and O–H groups in total. The number of halogens is 1. The number of carbonyl (C=O) groups is 1. The van der Waals surface area contributed by atoms with Crippen LogP contribution in [-0.2, 0) is 18.4 Å². The molecule has 0 bridgehead atoms. The summed E-state index contributed by atoms with van der Waals surface area (Å²) in [6, 6.07) is 13.6. The molecule has 0 atom stereocenters. The Bertz CT molecular complexity index is 1160. The zero-order valence-electron chi connectivity index (χ0n) is 17.3. The zero-order chi connectivity index (χ0) is 21.5. The molecule has 0 fully saturated rings. The van der Waals surface area contributed by atoms with Crippen LogP contribution in [0.4, 0.5) is 4.39 Å². The maximum absolute atomic E-state index is 13.5. The number of aromatic nitrogens is 2. The molecule has 0 radical (unpaired) electrons. The number of benzene rings is 2. The largest absolute Gasteiger partial charge is 0.334 e. The molecule has 1 amide bonds. The van der Waals surface area contributed by atoms with E-state index in [4.69, 9.17) is 0 Å². The summed E-state index contributed by atoms with van der Waals surface area (Å²) in [5.41, 5.74) is 3.16. The van der Waals surface area contributed by atoms with E-state index in [2.05, 4.69) is 30.7 Å². The molecule has 4 rings (SSSR count). The minimum Gasteiger partial charge on any atom is -0.334 e. The third-order valence-corrected chi connectivity index (χ3v) is 5.45. The summed E-state index contributed by atoms with van der Waals surface area (Å²) in [5, 5.41) is 0. The van der Waals surface area contributed by atoms with Crippen molar-refractivity contribution in [1.82, 2.24) is 14.9 Å². The number of fused-ring (bicyclic) bond motifs is 1. The van der Waals surface area contributed by atoms with Crippen molar-refractivity contribution in [2.45, 2.75) is 39.2 Å². The molecule has 2 aromatic carbocycles. The van der Waals surface area contributed by atoms with Crippen LogP contribution in [0.5, 0.6) is 0 Å². The summed E-state index contributed by atoms with van der Waals surface area (Å²) in [4.78, 5) is 34.6. The van der Waals surface area contributed by atoms with Crippen molar-refractivity contribution in [2.75, 3.05) is 6.54 Å². The zero-order valence-corrected chi connectivity index (χ0v) is 17.3. The van der Waals surface area contributed by atoms with Gasteiger partial charge in [-0.1, -0.05) is 45.0 Å². The smallest absolute Gasteiger partial charge is 0.256 e. The monoisotopic (exact) mass is 405 g/mol. The van der Waals surface area contributed by atoms with E-state index >= 15 is 0 Å². The highest BCUT2D eigenvalue weighted by molar-refractivity contribution is 5.94. The summed E-state index contributed by atoms with van der Waals surface area (Å²) >= 11 is 0. The summed E-state index contributed by atoms with van der Waals surface area (Å²) in [6.07, 6.45) is 0.480. The van der Waals surface area contributed by atoms with E-state index in [1.54, 1.807) is 17.0 Å². The number of carbonyl (C=O) groups excluding carboxylic acids is 1. The normalized spacial score (nSPS) is 13.8. The Kier molecular flexibility index (Phi) is 5.02. The lowest BCUT2D eigenvalue weighted by Gasteiger charge is -2.28. The van der Waals surface area contributed by atoms with E-state index < -0.39 is 0 Å². The average molecular weight is 405 g/mol. The van der Waals surface area contributed by atoms with Crippen molar-refractivity contribution >= 4 is 5.91 Å². The number of aromatic amines is 1. The van der Waals surface area contributed by atoms with Crippen molar-refractivity contribution in [3.05, 3.63) is 87.1 Å². The van der Waals surface area contributed by atoms with Crippen LogP contribution in [0.15, 0.2) is 53.3 Å². The van der Waals surface area contributed by atoms with Gasteiger partial charge in [-0.3, -0.25) is 9.59 Å². The lowest BCUT2D eigenvalue weighted by Crippen LogP contribution is -2.39. The molecular weight excluding hydrogens is 381 g/mol. The molecule has 154 valence electrons. The molecule has 2 heterocycles. The number of rotatable bonds is 2. The average Bonchev–Trinajstić information content (AvgIpc) is 2.72. The van der Waals surface area contributed by atoms with Gasteiger partial charge in [0.1, 0.15) is 11.6 Å². The number of hydrogen-bond donors (Lipinski definition) is 1. The van der Waals surface area contributed by atoms with Gasteiger partial charge in [-0.2, -0.15) is 0 Å². The third kappa shape index (κ3) is 3.90. The quantitative estimate of drug-likeness (QED) is 0.699. The van der Waals surface area contributed by atoms with E-state index in [0.717, 1.165) is 5.56 Å². The molecule has 6 heteroatoms. The van der Waals surface area contributed by atoms with Crippen LogP contribution < -0.4 is 5.56 Å². The molecular formula is C24H24FN3O2. The molecule has 5 nitrogen and oxygen atoms in total. The van der Waals surface area contributed by atoms with Crippen molar-refractivity contribution in [2.24, 2.45) is 0 Å². The first kappa shape index (κ1) is 20.0. The first-order valence-electron chi connectivity index (χ1n) is 10.0. The fourth-order valence-electron chi connectivity index (χ4n) is 3.67. The van der Waals surface area contributed by atoms with Gasteiger partial charge in [0.05, 0.1) is 17.8 Å². The highest BCUT2D eigenvalue weighted by Crippen LogP contribution is 2.24. The molecule has 1 aliphatic rings. The third-order valence-electron chi connectivity index (χ3n) is 5.45. The standard InChI is InChI=1S/C24H24FN3O2/c1-24(2,3)17-9-7-15(8-10-17)23(30)28-12-11-20-19(14-28)22(29)27-21(26-20)16-5-4-6-18(25)13-16/h4-10,13H,11-12,14H2,1-3H3,(H,26,27,29). The fourth-order valence-corrected chi connectivity index (χ4v) is 3.67. The van der Waals surface area contributed by atoms with Crippen molar-refractivity contribution in [3.63, 3.8) is 0 Å². The highest BCUT2D eigenvalue weighted by atomic mass is 19.1. The van der Waals surface area contributed by atoms with Crippen molar-refractivity contribution in [1.29, 1.82) is 0 Å². The molecule has 0 saturated carbocycles. The van der Waals surface area contributed by atoms with E-state index in [1.807, 2.05) is 24.3 Å². The Morgan fingerprint density at radius 3 is 2.53 bits per heavy atom. The van der Waals surface area contributed by atoms with Gasteiger partial charge in [-0.05, 0) is 35.2 Å². The predicted molar refractivity (Wildman–Crippen MR) is 114 cm³/mol. The van der Waals surface area contributed by atoms with Crippen LogP contribution in [0.1, 0.15) is 48.0 Å². The van der Waals surface area contributed by atoms with Gasteiger partial charge in [0.25, 0.3) is 11.5 Å². The van der Waals surface area contributed by atoms with Gasteiger partial charge in [0.15, 0.2) is 0 Å². The molecule has 0 aliphatic carbocycles. The predicted octanol–water partition coefficient (Wildman–Crippen LogP) is 4.07. The SMILES string of the molecule is CC(C)(C)c1ccc(C(=O)N2CCc3nc(-c4cccc(F)c4)[nH]c(=O)c3C2)cc1. The van der Waals surface area contributed by atoms with Gasteiger partial charge in [0, 0.05) is 24.1 Å². The van der Waals surface area contributed by atoms with Crippen LogP contribution >= 0.6 is 0 Å². The topological polar surface area (TPSA) is 66.1 Å². The number of nitrogens with one attached hydrogen (secondary N) is 1. The first-order valence-corrected chi connectivity index (χ1v) is 10.0. The summed E-state index contributed by atoms with van der Waals surface area (Å²) < 4.78 is 13.5. The second kappa shape index (κ2) is 7.52. The Morgan fingerprint density at radius 2 is 1.87 bits per heavy atom. The lowest BCUT2D eigenvalue weighted by molar-refractivity contribution is 0.0732. The summed E-state index contributed by atoms with van der Waals surface area (Å²) in [5.74, 6) is -0.146. The Labute approximate surface area is 174 Å².